The molecule has 0 saturated carbocycles. The first-order valence-electron chi connectivity index (χ1n) is 4.84. The van der Waals surface area contributed by atoms with Gasteiger partial charge in [-0.3, -0.25) is 0 Å². The lowest BCUT2D eigenvalue weighted by Crippen LogP contribution is -2.16. The molecule has 15 heavy (non-hydrogen) atoms. The second-order valence-corrected chi connectivity index (χ2v) is 3.76. The molecule has 1 aromatic rings. The third-order valence-electron chi connectivity index (χ3n) is 2.36. The van der Waals surface area contributed by atoms with Crippen molar-refractivity contribution in [1.82, 2.24) is 9.97 Å². The highest BCUT2D eigenvalue weighted by atomic mass is 35.5. The van der Waals surface area contributed by atoms with Gasteiger partial charge in [0.1, 0.15) is 0 Å². The summed E-state index contributed by atoms with van der Waals surface area (Å²) in [6.07, 6.45) is 1.69. The van der Waals surface area contributed by atoms with Gasteiger partial charge in [0.15, 0.2) is 0 Å². The Hall–Kier alpha value is -0.870. The van der Waals surface area contributed by atoms with Crippen LogP contribution in [-0.2, 0) is 0 Å². The Kier molecular flexibility index (Phi) is 4.29. The Balaban J connectivity index is 3.01. The first kappa shape index (κ1) is 12.2. The molecule has 1 rings (SSSR count). The number of ether oxygens (including phenoxy) is 1. The standard InChI is InChI=1S/C10H15ClN2O2/c1-4-8(14)6(2)9-7(11)5-12-10(13-9)15-3/h5-6,8,14H,4H2,1-3H3. The SMILES string of the molecule is CCC(O)C(C)c1nc(OC)ncc1Cl. The van der Waals surface area contributed by atoms with Crippen molar-refractivity contribution in [2.24, 2.45) is 0 Å². The van der Waals surface area contributed by atoms with E-state index in [9.17, 15) is 5.11 Å². The van der Waals surface area contributed by atoms with Crippen LogP contribution in [0.25, 0.3) is 0 Å². The minimum atomic E-state index is -0.456. The average molecular weight is 231 g/mol. The maximum atomic E-state index is 9.71. The van der Waals surface area contributed by atoms with Gasteiger partial charge < -0.3 is 9.84 Å². The second-order valence-electron chi connectivity index (χ2n) is 3.35. The fourth-order valence-corrected chi connectivity index (χ4v) is 1.58. The van der Waals surface area contributed by atoms with Crippen LogP contribution < -0.4 is 4.74 Å². The zero-order chi connectivity index (χ0) is 11.4. The fourth-order valence-electron chi connectivity index (χ4n) is 1.32. The summed E-state index contributed by atoms with van der Waals surface area (Å²) in [5, 5.41) is 10.2. The van der Waals surface area contributed by atoms with Gasteiger partial charge in [0.2, 0.25) is 0 Å². The number of aliphatic hydroxyl groups is 1. The lowest BCUT2D eigenvalue weighted by Gasteiger charge is -2.17. The number of aliphatic hydroxyl groups excluding tert-OH is 1. The van der Waals surface area contributed by atoms with E-state index in [1.807, 2.05) is 13.8 Å². The molecule has 0 saturated heterocycles. The van der Waals surface area contributed by atoms with Gasteiger partial charge in [0, 0.05) is 5.92 Å². The number of rotatable bonds is 4. The van der Waals surface area contributed by atoms with Crippen molar-refractivity contribution in [3.63, 3.8) is 0 Å². The van der Waals surface area contributed by atoms with Gasteiger partial charge in [-0.15, -0.1) is 0 Å². The van der Waals surface area contributed by atoms with E-state index in [1.165, 1.54) is 13.3 Å². The highest BCUT2D eigenvalue weighted by Crippen LogP contribution is 2.26. The summed E-state index contributed by atoms with van der Waals surface area (Å²) in [6, 6.07) is 0.268. The molecule has 0 aromatic carbocycles. The van der Waals surface area contributed by atoms with Gasteiger partial charge in [0.25, 0.3) is 0 Å². The number of halogens is 1. The molecule has 0 spiro atoms. The van der Waals surface area contributed by atoms with E-state index < -0.39 is 6.10 Å². The third-order valence-corrected chi connectivity index (χ3v) is 2.65. The zero-order valence-corrected chi connectivity index (χ0v) is 9.82. The van der Waals surface area contributed by atoms with Gasteiger partial charge in [0.05, 0.1) is 30.1 Å². The molecule has 5 heteroatoms. The molecular formula is C10H15ClN2O2. The topological polar surface area (TPSA) is 55.2 Å². The van der Waals surface area contributed by atoms with Crippen LogP contribution in [0.5, 0.6) is 6.01 Å². The summed E-state index contributed by atoms with van der Waals surface area (Å²) in [5.41, 5.74) is 0.623. The van der Waals surface area contributed by atoms with Crippen LogP contribution in [0.1, 0.15) is 31.9 Å². The summed E-state index contributed by atoms with van der Waals surface area (Å²) in [4.78, 5) is 8.01. The van der Waals surface area contributed by atoms with E-state index in [0.29, 0.717) is 17.1 Å². The first-order valence-corrected chi connectivity index (χ1v) is 5.22. The van der Waals surface area contributed by atoms with Gasteiger partial charge in [-0.2, -0.15) is 4.98 Å². The molecule has 2 atom stereocenters. The van der Waals surface area contributed by atoms with Crippen LogP contribution in [0.3, 0.4) is 0 Å². The van der Waals surface area contributed by atoms with Crippen molar-refractivity contribution in [3.05, 3.63) is 16.9 Å². The fraction of sp³-hybridized carbons (Fsp3) is 0.600. The molecule has 1 heterocycles. The lowest BCUT2D eigenvalue weighted by molar-refractivity contribution is 0.143. The number of hydrogen-bond acceptors (Lipinski definition) is 4. The Bertz CT molecular complexity index is 333. The van der Waals surface area contributed by atoms with Crippen molar-refractivity contribution in [1.29, 1.82) is 0 Å². The van der Waals surface area contributed by atoms with Crippen LogP contribution in [0, 0.1) is 0 Å². The average Bonchev–Trinajstić information content (AvgIpc) is 2.27. The molecule has 4 nitrogen and oxygen atoms in total. The number of nitrogens with zero attached hydrogens (tertiary/aromatic N) is 2. The molecule has 0 aliphatic rings. The second kappa shape index (κ2) is 5.28. The van der Waals surface area contributed by atoms with Crippen molar-refractivity contribution in [3.8, 4) is 6.01 Å². The maximum absolute atomic E-state index is 9.71. The van der Waals surface area contributed by atoms with Gasteiger partial charge in [-0.05, 0) is 6.42 Å². The van der Waals surface area contributed by atoms with Gasteiger partial charge in [-0.1, -0.05) is 25.4 Å². The summed E-state index contributed by atoms with van der Waals surface area (Å²) in [6.45, 7) is 3.79. The van der Waals surface area contributed by atoms with E-state index >= 15 is 0 Å². The summed E-state index contributed by atoms with van der Waals surface area (Å²) < 4.78 is 4.91. The van der Waals surface area contributed by atoms with Crippen LogP contribution in [-0.4, -0.2) is 28.3 Å². The van der Waals surface area contributed by atoms with Gasteiger partial charge >= 0.3 is 6.01 Å². The van der Waals surface area contributed by atoms with Crippen molar-refractivity contribution >= 4 is 11.6 Å². The highest BCUT2D eigenvalue weighted by molar-refractivity contribution is 6.31. The summed E-state index contributed by atoms with van der Waals surface area (Å²) >= 11 is 5.96. The van der Waals surface area contributed by atoms with Crippen molar-refractivity contribution in [2.45, 2.75) is 32.3 Å². The van der Waals surface area contributed by atoms with E-state index in [4.69, 9.17) is 16.3 Å². The Morgan fingerprint density at radius 3 is 2.80 bits per heavy atom. The van der Waals surface area contributed by atoms with Crippen LogP contribution in [0.4, 0.5) is 0 Å². The normalized spacial score (nSPS) is 14.7. The minimum Gasteiger partial charge on any atom is -0.467 e. The van der Waals surface area contributed by atoms with Crippen molar-refractivity contribution in [2.75, 3.05) is 7.11 Å². The maximum Gasteiger partial charge on any atom is 0.316 e. The minimum absolute atomic E-state index is 0.126. The Morgan fingerprint density at radius 2 is 2.27 bits per heavy atom. The number of hydrogen-bond donors (Lipinski definition) is 1. The van der Waals surface area contributed by atoms with Crippen LogP contribution in [0.15, 0.2) is 6.20 Å². The molecular weight excluding hydrogens is 216 g/mol. The predicted molar refractivity (Wildman–Crippen MR) is 58.3 cm³/mol. The number of aromatic nitrogens is 2. The van der Waals surface area contributed by atoms with Crippen LogP contribution in [0.2, 0.25) is 5.02 Å². The molecule has 1 N–H and O–H groups in total. The molecule has 1 aromatic heterocycles. The molecule has 84 valence electrons. The third kappa shape index (κ3) is 2.79. The molecule has 0 bridgehead atoms. The Morgan fingerprint density at radius 1 is 1.60 bits per heavy atom. The molecule has 0 fully saturated rings. The zero-order valence-electron chi connectivity index (χ0n) is 9.07. The molecule has 0 amide bonds. The Labute approximate surface area is 94.3 Å². The highest BCUT2D eigenvalue weighted by Gasteiger charge is 2.19. The predicted octanol–water partition coefficient (Wildman–Crippen LogP) is 2.01. The molecule has 0 aliphatic heterocycles. The van der Waals surface area contributed by atoms with Crippen LogP contribution >= 0.6 is 11.6 Å². The molecule has 0 aliphatic carbocycles. The van der Waals surface area contributed by atoms with E-state index in [2.05, 4.69) is 9.97 Å². The largest absolute Gasteiger partial charge is 0.467 e. The molecule has 2 unspecified atom stereocenters. The van der Waals surface area contributed by atoms with Crippen molar-refractivity contribution < 1.29 is 9.84 Å². The quantitative estimate of drug-likeness (QED) is 0.860. The monoisotopic (exact) mass is 230 g/mol. The first-order chi connectivity index (χ1) is 7.10. The summed E-state index contributed by atoms with van der Waals surface area (Å²) in [5.74, 6) is -0.126. The lowest BCUT2D eigenvalue weighted by atomic mass is 9.99. The van der Waals surface area contributed by atoms with E-state index in [0.717, 1.165) is 0 Å². The van der Waals surface area contributed by atoms with E-state index in [1.54, 1.807) is 0 Å². The smallest absolute Gasteiger partial charge is 0.316 e. The summed E-state index contributed by atoms with van der Waals surface area (Å²) in [7, 11) is 1.49. The number of methoxy groups -OCH3 is 1. The van der Waals surface area contributed by atoms with E-state index in [-0.39, 0.29) is 11.9 Å². The van der Waals surface area contributed by atoms with Gasteiger partial charge in [-0.25, -0.2) is 4.98 Å². The molecule has 0 radical (unpaired) electrons.